The first-order valence-electron chi connectivity index (χ1n) is 7.47. The van der Waals surface area contributed by atoms with E-state index in [9.17, 15) is 5.11 Å². The predicted octanol–water partition coefficient (Wildman–Crippen LogP) is 0.967. The highest BCUT2D eigenvalue weighted by atomic mass is 16.3. The van der Waals surface area contributed by atoms with Gasteiger partial charge in [-0.25, -0.2) is 4.98 Å². The van der Waals surface area contributed by atoms with Crippen molar-refractivity contribution in [1.29, 1.82) is 0 Å². The van der Waals surface area contributed by atoms with Crippen LogP contribution in [0.3, 0.4) is 0 Å². The van der Waals surface area contributed by atoms with Crippen LogP contribution in [0.15, 0.2) is 30.6 Å². The Morgan fingerprint density at radius 1 is 1.04 bits per heavy atom. The number of nitrogens with one attached hydrogen (secondary N) is 1. The number of phenols is 1. The number of anilines is 3. The standard InChI is InChI=1S/C15H17N7O/c16-15-19-13-12(17-9-18-13)14(20-15)22-7-5-21(6-8-22)10-3-1-2-4-11(10)23/h1-4,9,23H,5-8H2,(H3,16,17,18,19,20). The molecule has 1 fully saturated rings. The van der Waals surface area contributed by atoms with Crippen molar-refractivity contribution >= 4 is 28.6 Å². The topological polar surface area (TPSA) is 107 Å². The maximum atomic E-state index is 9.99. The molecule has 0 aliphatic carbocycles. The Kier molecular flexibility index (Phi) is 3.14. The molecule has 0 atom stereocenters. The number of hydrogen-bond donors (Lipinski definition) is 3. The number of hydrogen-bond acceptors (Lipinski definition) is 7. The lowest BCUT2D eigenvalue weighted by atomic mass is 10.2. The molecule has 0 saturated carbocycles. The van der Waals surface area contributed by atoms with Crippen LogP contribution in [0.1, 0.15) is 0 Å². The molecule has 3 aromatic rings. The largest absolute Gasteiger partial charge is 0.506 e. The molecule has 23 heavy (non-hydrogen) atoms. The number of piperazine rings is 1. The summed E-state index contributed by atoms with van der Waals surface area (Å²) in [5.74, 6) is 1.31. The van der Waals surface area contributed by atoms with E-state index >= 15 is 0 Å². The van der Waals surface area contributed by atoms with E-state index in [1.54, 1.807) is 12.4 Å². The SMILES string of the molecule is Nc1nc(N2CCN(c3ccccc3O)CC2)c2[nH]cnc2n1. The fraction of sp³-hybridized carbons (Fsp3) is 0.267. The van der Waals surface area contributed by atoms with E-state index in [4.69, 9.17) is 5.73 Å². The van der Waals surface area contributed by atoms with Crippen molar-refractivity contribution in [3.63, 3.8) is 0 Å². The summed E-state index contributed by atoms with van der Waals surface area (Å²) in [6.45, 7) is 3.13. The second-order valence-corrected chi connectivity index (χ2v) is 5.47. The van der Waals surface area contributed by atoms with Gasteiger partial charge < -0.3 is 25.6 Å². The molecule has 0 radical (unpaired) electrons. The molecule has 1 aliphatic heterocycles. The van der Waals surface area contributed by atoms with E-state index in [-0.39, 0.29) is 5.95 Å². The number of nitrogen functional groups attached to an aromatic ring is 1. The first-order chi connectivity index (χ1) is 11.2. The molecule has 2 aromatic heterocycles. The number of aromatic nitrogens is 4. The van der Waals surface area contributed by atoms with Gasteiger partial charge in [-0.05, 0) is 12.1 Å². The molecule has 1 aliphatic rings. The number of aromatic hydroxyl groups is 1. The van der Waals surface area contributed by atoms with E-state index < -0.39 is 0 Å². The summed E-state index contributed by atoms with van der Waals surface area (Å²) in [7, 11) is 0. The molecule has 4 N–H and O–H groups in total. The highest BCUT2D eigenvalue weighted by Gasteiger charge is 2.22. The Balaban J connectivity index is 1.57. The van der Waals surface area contributed by atoms with Crippen molar-refractivity contribution < 1.29 is 5.11 Å². The minimum atomic E-state index is 0.225. The van der Waals surface area contributed by atoms with Gasteiger partial charge in [-0.2, -0.15) is 9.97 Å². The number of phenolic OH excluding ortho intramolecular Hbond substituents is 1. The predicted molar refractivity (Wildman–Crippen MR) is 88.6 cm³/mol. The summed E-state index contributed by atoms with van der Waals surface area (Å²) in [5.41, 5.74) is 8.02. The van der Waals surface area contributed by atoms with Gasteiger partial charge in [0.25, 0.3) is 0 Å². The minimum absolute atomic E-state index is 0.225. The van der Waals surface area contributed by atoms with Crippen molar-refractivity contribution in [2.24, 2.45) is 0 Å². The highest BCUT2D eigenvalue weighted by Crippen LogP contribution is 2.29. The molecule has 8 nitrogen and oxygen atoms in total. The van der Waals surface area contributed by atoms with E-state index in [1.807, 2.05) is 18.2 Å². The van der Waals surface area contributed by atoms with Crippen molar-refractivity contribution in [3.8, 4) is 5.75 Å². The molecular weight excluding hydrogens is 294 g/mol. The fourth-order valence-electron chi connectivity index (χ4n) is 2.95. The Bertz CT molecular complexity index is 839. The van der Waals surface area contributed by atoms with Crippen LogP contribution in [-0.4, -0.2) is 51.2 Å². The summed E-state index contributed by atoms with van der Waals surface area (Å²) < 4.78 is 0. The molecule has 0 amide bonds. The molecule has 8 heteroatoms. The van der Waals surface area contributed by atoms with E-state index in [0.717, 1.165) is 43.2 Å². The number of benzene rings is 1. The zero-order chi connectivity index (χ0) is 15.8. The zero-order valence-electron chi connectivity index (χ0n) is 12.5. The lowest BCUT2D eigenvalue weighted by Crippen LogP contribution is -2.47. The van der Waals surface area contributed by atoms with Crippen LogP contribution < -0.4 is 15.5 Å². The van der Waals surface area contributed by atoms with Gasteiger partial charge in [0.15, 0.2) is 11.5 Å². The van der Waals surface area contributed by atoms with Crippen LogP contribution in [0.25, 0.3) is 11.2 Å². The summed E-state index contributed by atoms with van der Waals surface area (Å²) in [6, 6.07) is 7.40. The highest BCUT2D eigenvalue weighted by molar-refractivity contribution is 5.84. The van der Waals surface area contributed by atoms with E-state index in [1.165, 1.54) is 0 Å². The van der Waals surface area contributed by atoms with Crippen molar-refractivity contribution in [2.75, 3.05) is 41.7 Å². The minimum Gasteiger partial charge on any atom is -0.506 e. The number of para-hydroxylation sites is 2. The second-order valence-electron chi connectivity index (χ2n) is 5.47. The molecular formula is C15H17N7O. The molecule has 3 heterocycles. The van der Waals surface area contributed by atoms with Crippen molar-refractivity contribution in [2.45, 2.75) is 0 Å². The number of nitrogens with two attached hydrogens (primary N) is 1. The summed E-state index contributed by atoms with van der Waals surface area (Å²) in [5, 5.41) is 9.99. The second kappa shape index (κ2) is 5.31. The van der Waals surface area contributed by atoms with Crippen LogP contribution in [0.5, 0.6) is 5.75 Å². The third kappa shape index (κ3) is 2.37. The summed E-state index contributed by atoms with van der Waals surface area (Å²) in [4.78, 5) is 20.0. The molecule has 0 bridgehead atoms. The summed E-state index contributed by atoms with van der Waals surface area (Å²) in [6.07, 6.45) is 1.60. The monoisotopic (exact) mass is 311 g/mol. The maximum absolute atomic E-state index is 9.99. The Labute approximate surface area is 132 Å². The molecule has 118 valence electrons. The maximum Gasteiger partial charge on any atom is 0.224 e. The smallest absolute Gasteiger partial charge is 0.224 e. The number of nitrogens with zero attached hydrogens (tertiary/aromatic N) is 5. The van der Waals surface area contributed by atoms with Crippen molar-refractivity contribution in [1.82, 2.24) is 19.9 Å². The summed E-state index contributed by atoms with van der Waals surface area (Å²) >= 11 is 0. The first-order valence-corrected chi connectivity index (χ1v) is 7.47. The van der Waals surface area contributed by atoms with Crippen LogP contribution in [0.4, 0.5) is 17.5 Å². The lowest BCUT2D eigenvalue weighted by Gasteiger charge is -2.36. The molecule has 0 unspecified atom stereocenters. The Hall–Kier alpha value is -3.03. The molecule has 1 aromatic carbocycles. The van der Waals surface area contributed by atoms with Crippen LogP contribution in [0, 0.1) is 0 Å². The van der Waals surface area contributed by atoms with Gasteiger partial charge in [-0.3, -0.25) is 0 Å². The Morgan fingerprint density at radius 3 is 2.57 bits per heavy atom. The van der Waals surface area contributed by atoms with Crippen molar-refractivity contribution in [3.05, 3.63) is 30.6 Å². The van der Waals surface area contributed by atoms with Gasteiger partial charge >= 0.3 is 0 Å². The average Bonchev–Trinajstić information content (AvgIpc) is 3.03. The number of rotatable bonds is 2. The van der Waals surface area contributed by atoms with Gasteiger partial charge in [0, 0.05) is 26.2 Å². The zero-order valence-corrected chi connectivity index (χ0v) is 12.5. The number of aromatic amines is 1. The van der Waals surface area contributed by atoms with Crippen LogP contribution in [-0.2, 0) is 0 Å². The molecule has 1 saturated heterocycles. The lowest BCUT2D eigenvalue weighted by molar-refractivity contribution is 0.472. The average molecular weight is 311 g/mol. The van der Waals surface area contributed by atoms with Gasteiger partial charge in [0.05, 0.1) is 12.0 Å². The molecule has 0 spiro atoms. The van der Waals surface area contributed by atoms with Crippen LogP contribution >= 0.6 is 0 Å². The third-order valence-corrected chi connectivity index (χ3v) is 4.09. The number of H-pyrrole nitrogens is 1. The number of fused-ring (bicyclic) bond motifs is 1. The Morgan fingerprint density at radius 2 is 1.78 bits per heavy atom. The van der Waals surface area contributed by atoms with E-state index in [2.05, 4.69) is 29.7 Å². The van der Waals surface area contributed by atoms with Gasteiger partial charge in [-0.15, -0.1) is 0 Å². The van der Waals surface area contributed by atoms with Gasteiger partial charge in [-0.1, -0.05) is 12.1 Å². The molecule has 4 rings (SSSR count). The van der Waals surface area contributed by atoms with Gasteiger partial charge in [0.1, 0.15) is 11.3 Å². The van der Waals surface area contributed by atoms with E-state index in [0.29, 0.717) is 11.4 Å². The van der Waals surface area contributed by atoms with Crippen LogP contribution in [0.2, 0.25) is 0 Å². The fourth-order valence-corrected chi connectivity index (χ4v) is 2.95. The normalized spacial score (nSPS) is 15.3. The van der Waals surface area contributed by atoms with Gasteiger partial charge in [0.2, 0.25) is 5.95 Å². The number of imidazole rings is 1. The quantitative estimate of drug-likeness (QED) is 0.647. The first kappa shape index (κ1) is 13.6. The third-order valence-electron chi connectivity index (χ3n) is 4.09.